The van der Waals surface area contributed by atoms with Crippen LogP contribution in [0.4, 0.5) is 5.82 Å². The molecule has 0 radical (unpaired) electrons. The maximum Gasteiger partial charge on any atom is 0.251 e. The first-order chi connectivity index (χ1) is 12.4. The van der Waals surface area contributed by atoms with E-state index in [-0.39, 0.29) is 5.91 Å². The lowest BCUT2D eigenvalue weighted by molar-refractivity contribution is 0.0949. The number of thioether (sulfide) groups is 1. The number of rotatable bonds is 8. The highest BCUT2D eigenvalue weighted by Gasteiger charge is 2.08. The van der Waals surface area contributed by atoms with E-state index in [1.165, 1.54) is 0 Å². The first-order valence-electron chi connectivity index (χ1n) is 8.94. The molecule has 2 aromatic rings. The van der Waals surface area contributed by atoms with Gasteiger partial charge in [0.15, 0.2) is 5.16 Å². The van der Waals surface area contributed by atoms with E-state index in [2.05, 4.69) is 36.1 Å². The fraction of sp³-hybridized carbons (Fsp3) is 0.450. The van der Waals surface area contributed by atoms with Crippen LogP contribution < -0.4 is 10.2 Å². The van der Waals surface area contributed by atoms with Crippen molar-refractivity contribution >= 4 is 23.5 Å². The highest BCUT2D eigenvalue weighted by atomic mass is 32.2. The van der Waals surface area contributed by atoms with Crippen LogP contribution in [0.5, 0.6) is 0 Å². The Bertz CT molecular complexity index is 729. The van der Waals surface area contributed by atoms with Gasteiger partial charge in [0.25, 0.3) is 5.91 Å². The monoisotopic (exact) mass is 372 g/mol. The first kappa shape index (κ1) is 20.2. The molecule has 0 aliphatic heterocycles. The average molecular weight is 373 g/mol. The van der Waals surface area contributed by atoms with Crippen LogP contribution in [0.1, 0.15) is 42.4 Å². The van der Waals surface area contributed by atoms with Gasteiger partial charge in [-0.05, 0) is 30.0 Å². The Morgan fingerprint density at radius 1 is 1.19 bits per heavy atom. The van der Waals surface area contributed by atoms with Crippen LogP contribution >= 0.6 is 11.8 Å². The van der Waals surface area contributed by atoms with Gasteiger partial charge in [-0.3, -0.25) is 4.79 Å². The Kier molecular flexibility index (Phi) is 7.45. The standard InChI is InChI=1S/C20H28N4OS/c1-6-17-11-18(24(4)5)23-20(22-17)26-13-15-7-9-16(10-8-15)19(25)21-12-14(2)3/h7-11,14H,6,12-13H2,1-5H3,(H,21,25). The van der Waals surface area contributed by atoms with Crippen LogP contribution in [0, 0.1) is 5.92 Å². The van der Waals surface area contributed by atoms with Gasteiger partial charge in [-0.15, -0.1) is 0 Å². The summed E-state index contributed by atoms with van der Waals surface area (Å²) in [4.78, 5) is 23.3. The van der Waals surface area contributed by atoms with Gasteiger partial charge in [0.1, 0.15) is 5.82 Å². The molecule has 26 heavy (non-hydrogen) atoms. The predicted molar refractivity (Wildman–Crippen MR) is 109 cm³/mol. The molecule has 0 bridgehead atoms. The normalized spacial score (nSPS) is 10.8. The SMILES string of the molecule is CCc1cc(N(C)C)nc(SCc2ccc(C(=O)NCC(C)C)cc2)n1. The Balaban J connectivity index is 1.99. The largest absolute Gasteiger partial charge is 0.363 e. The van der Waals surface area contributed by atoms with Crippen LogP contribution in [0.2, 0.25) is 0 Å². The van der Waals surface area contributed by atoms with Crippen molar-refractivity contribution in [1.29, 1.82) is 0 Å². The van der Waals surface area contributed by atoms with Crippen LogP contribution in [-0.4, -0.2) is 36.5 Å². The van der Waals surface area contributed by atoms with Gasteiger partial charge in [0, 0.05) is 43.7 Å². The maximum atomic E-state index is 12.1. The molecule has 140 valence electrons. The van der Waals surface area contributed by atoms with Crippen molar-refractivity contribution < 1.29 is 4.79 Å². The van der Waals surface area contributed by atoms with E-state index >= 15 is 0 Å². The van der Waals surface area contributed by atoms with Gasteiger partial charge in [-0.2, -0.15) is 0 Å². The van der Waals surface area contributed by atoms with Gasteiger partial charge in [-0.25, -0.2) is 9.97 Å². The molecule has 0 atom stereocenters. The highest BCUT2D eigenvalue weighted by Crippen LogP contribution is 2.22. The van der Waals surface area contributed by atoms with Gasteiger partial charge in [-0.1, -0.05) is 44.7 Å². The number of nitrogens with zero attached hydrogens (tertiary/aromatic N) is 3. The molecule has 0 unspecified atom stereocenters. The number of hydrogen-bond donors (Lipinski definition) is 1. The predicted octanol–water partition coefficient (Wildman–Crippen LogP) is 3.78. The molecule has 1 N–H and O–H groups in total. The Labute approximate surface area is 160 Å². The fourth-order valence-electron chi connectivity index (χ4n) is 2.23. The number of aryl methyl sites for hydroxylation is 1. The van der Waals surface area contributed by atoms with Crippen molar-refractivity contribution in [3.05, 3.63) is 47.2 Å². The molecule has 1 amide bonds. The summed E-state index contributed by atoms with van der Waals surface area (Å²) in [5.41, 5.74) is 2.88. The molecule has 0 saturated heterocycles. The smallest absolute Gasteiger partial charge is 0.251 e. The molecule has 1 heterocycles. The minimum Gasteiger partial charge on any atom is -0.363 e. The van der Waals surface area contributed by atoms with Crippen molar-refractivity contribution in [3.63, 3.8) is 0 Å². The summed E-state index contributed by atoms with van der Waals surface area (Å²) in [5.74, 6) is 2.12. The summed E-state index contributed by atoms with van der Waals surface area (Å²) in [6.45, 7) is 6.95. The second-order valence-electron chi connectivity index (χ2n) is 6.84. The fourth-order valence-corrected chi connectivity index (χ4v) is 3.06. The third-order valence-corrected chi connectivity index (χ3v) is 4.74. The highest BCUT2D eigenvalue weighted by molar-refractivity contribution is 7.98. The number of carbonyl (C=O) groups excluding carboxylic acids is 1. The Morgan fingerprint density at radius 2 is 1.88 bits per heavy atom. The average Bonchev–Trinajstić information content (AvgIpc) is 2.64. The lowest BCUT2D eigenvalue weighted by Crippen LogP contribution is -2.27. The van der Waals surface area contributed by atoms with Gasteiger partial charge >= 0.3 is 0 Å². The zero-order valence-electron chi connectivity index (χ0n) is 16.2. The topological polar surface area (TPSA) is 58.1 Å². The lowest BCUT2D eigenvalue weighted by Gasteiger charge is -2.13. The maximum absolute atomic E-state index is 12.1. The number of anilines is 1. The third kappa shape index (κ3) is 6.02. The van der Waals surface area contributed by atoms with Crippen LogP contribution in [-0.2, 0) is 12.2 Å². The number of hydrogen-bond acceptors (Lipinski definition) is 5. The van der Waals surface area contributed by atoms with E-state index in [0.717, 1.165) is 34.4 Å². The third-order valence-electron chi connectivity index (χ3n) is 3.82. The first-order valence-corrected chi connectivity index (χ1v) is 9.92. The van der Waals surface area contributed by atoms with Gasteiger partial charge < -0.3 is 10.2 Å². The molecule has 5 nitrogen and oxygen atoms in total. The number of benzene rings is 1. The van der Waals surface area contributed by atoms with Crippen molar-refractivity contribution in [2.45, 2.75) is 38.1 Å². The van der Waals surface area contributed by atoms with Crippen molar-refractivity contribution in [3.8, 4) is 0 Å². The molecule has 0 fully saturated rings. The summed E-state index contributed by atoms with van der Waals surface area (Å²) in [7, 11) is 3.97. The summed E-state index contributed by atoms with van der Waals surface area (Å²) in [6.07, 6.45) is 0.886. The van der Waals surface area contributed by atoms with Crippen molar-refractivity contribution in [2.75, 3.05) is 25.5 Å². The molecular weight excluding hydrogens is 344 g/mol. The summed E-state index contributed by atoms with van der Waals surface area (Å²) in [5, 5.41) is 3.72. The quantitative estimate of drug-likeness (QED) is 0.564. The van der Waals surface area contributed by atoms with E-state index in [9.17, 15) is 4.79 Å². The van der Waals surface area contributed by atoms with Crippen molar-refractivity contribution in [1.82, 2.24) is 15.3 Å². The molecule has 0 aliphatic carbocycles. The molecule has 1 aromatic carbocycles. The Morgan fingerprint density at radius 3 is 2.46 bits per heavy atom. The second-order valence-corrected chi connectivity index (χ2v) is 7.78. The number of amides is 1. The van der Waals surface area contributed by atoms with E-state index in [0.29, 0.717) is 18.0 Å². The summed E-state index contributed by atoms with van der Waals surface area (Å²) < 4.78 is 0. The molecule has 1 aromatic heterocycles. The number of nitrogens with one attached hydrogen (secondary N) is 1. The molecule has 6 heteroatoms. The van der Waals surface area contributed by atoms with Crippen LogP contribution in [0.25, 0.3) is 0 Å². The number of aromatic nitrogens is 2. The minimum absolute atomic E-state index is 0.0208. The molecular formula is C20H28N4OS. The molecule has 0 saturated carbocycles. The van der Waals surface area contributed by atoms with Crippen molar-refractivity contribution in [2.24, 2.45) is 5.92 Å². The zero-order valence-corrected chi connectivity index (χ0v) is 17.1. The summed E-state index contributed by atoms with van der Waals surface area (Å²) in [6, 6.07) is 9.76. The van der Waals surface area contributed by atoms with Gasteiger partial charge in [0.2, 0.25) is 0 Å². The van der Waals surface area contributed by atoms with E-state index < -0.39 is 0 Å². The minimum atomic E-state index is -0.0208. The molecule has 0 aliphatic rings. The molecule has 2 rings (SSSR count). The zero-order chi connectivity index (χ0) is 19.1. The second kappa shape index (κ2) is 9.57. The van der Waals surface area contributed by atoms with E-state index in [1.807, 2.05) is 49.3 Å². The number of carbonyl (C=O) groups is 1. The molecule has 0 spiro atoms. The lowest BCUT2D eigenvalue weighted by atomic mass is 10.1. The van der Waals surface area contributed by atoms with Crippen LogP contribution in [0.15, 0.2) is 35.5 Å². The summed E-state index contributed by atoms with van der Waals surface area (Å²) >= 11 is 1.61. The van der Waals surface area contributed by atoms with Gasteiger partial charge in [0.05, 0.1) is 0 Å². The Hall–Kier alpha value is -2.08. The van der Waals surface area contributed by atoms with Crippen LogP contribution in [0.3, 0.4) is 0 Å². The van der Waals surface area contributed by atoms with E-state index in [1.54, 1.807) is 11.8 Å². The van der Waals surface area contributed by atoms with E-state index in [4.69, 9.17) is 0 Å².